The molecule has 0 atom stereocenters. The van der Waals surface area contributed by atoms with E-state index >= 15 is 0 Å². The van der Waals surface area contributed by atoms with E-state index in [1.165, 1.54) is 19.3 Å². The standard InChI is InChI=1S/C24H28ClN3O2/c25-22-9-5-4-8-21(22)23(29)26-19-10-12-20(13-11-19)27-14-16-28(17-15-27)24(30)18-6-2-1-3-7-18/h4-5,8-13,18H,1-3,6-7,14-17H2,(H,26,29). The second kappa shape index (κ2) is 9.52. The maximum Gasteiger partial charge on any atom is 0.257 e. The van der Waals surface area contributed by atoms with Crippen molar-refractivity contribution in [2.24, 2.45) is 5.92 Å². The van der Waals surface area contributed by atoms with Crippen molar-refractivity contribution in [1.29, 1.82) is 0 Å². The fraction of sp³-hybridized carbons (Fsp3) is 0.417. The van der Waals surface area contributed by atoms with Gasteiger partial charge in [0.15, 0.2) is 0 Å². The van der Waals surface area contributed by atoms with Crippen LogP contribution in [0, 0.1) is 5.92 Å². The summed E-state index contributed by atoms with van der Waals surface area (Å²) in [4.78, 5) is 29.5. The molecule has 0 unspecified atom stereocenters. The Balaban J connectivity index is 1.31. The van der Waals surface area contributed by atoms with E-state index in [-0.39, 0.29) is 11.8 Å². The molecule has 0 aromatic heterocycles. The van der Waals surface area contributed by atoms with Gasteiger partial charge in [0.2, 0.25) is 5.91 Å². The van der Waals surface area contributed by atoms with Crippen molar-refractivity contribution in [2.75, 3.05) is 36.4 Å². The van der Waals surface area contributed by atoms with E-state index in [2.05, 4.69) is 10.2 Å². The van der Waals surface area contributed by atoms with Crippen molar-refractivity contribution in [2.45, 2.75) is 32.1 Å². The van der Waals surface area contributed by atoms with E-state index in [0.717, 1.165) is 50.4 Å². The van der Waals surface area contributed by atoms with Gasteiger partial charge < -0.3 is 15.1 Å². The number of hydrogen-bond donors (Lipinski definition) is 1. The van der Waals surface area contributed by atoms with Crippen LogP contribution in [-0.2, 0) is 4.79 Å². The second-order valence-electron chi connectivity index (χ2n) is 8.13. The molecule has 1 heterocycles. The first-order valence-electron chi connectivity index (χ1n) is 10.8. The maximum absolute atomic E-state index is 12.7. The summed E-state index contributed by atoms with van der Waals surface area (Å²) in [6.45, 7) is 3.23. The lowest BCUT2D eigenvalue weighted by Crippen LogP contribution is -2.50. The highest BCUT2D eigenvalue weighted by Gasteiger charge is 2.28. The Labute approximate surface area is 183 Å². The highest BCUT2D eigenvalue weighted by Crippen LogP contribution is 2.27. The zero-order valence-electron chi connectivity index (χ0n) is 17.1. The topological polar surface area (TPSA) is 52.7 Å². The number of piperazine rings is 1. The lowest BCUT2D eigenvalue weighted by atomic mass is 9.88. The molecule has 0 radical (unpaired) electrons. The lowest BCUT2D eigenvalue weighted by molar-refractivity contribution is -0.136. The van der Waals surface area contributed by atoms with Gasteiger partial charge in [0, 0.05) is 43.5 Å². The third-order valence-corrected chi connectivity index (χ3v) is 6.48. The van der Waals surface area contributed by atoms with Crippen molar-refractivity contribution in [1.82, 2.24) is 4.90 Å². The van der Waals surface area contributed by atoms with Crippen LogP contribution in [0.3, 0.4) is 0 Å². The van der Waals surface area contributed by atoms with E-state index in [0.29, 0.717) is 16.5 Å². The van der Waals surface area contributed by atoms with Crippen LogP contribution in [0.25, 0.3) is 0 Å². The number of rotatable bonds is 4. The minimum atomic E-state index is -0.219. The highest BCUT2D eigenvalue weighted by molar-refractivity contribution is 6.34. The zero-order valence-corrected chi connectivity index (χ0v) is 17.9. The molecular formula is C24H28ClN3O2. The van der Waals surface area contributed by atoms with Crippen molar-refractivity contribution >= 4 is 34.8 Å². The van der Waals surface area contributed by atoms with E-state index in [4.69, 9.17) is 11.6 Å². The number of amides is 2. The largest absolute Gasteiger partial charge is 0.368 e. The van der Waals surface area contributed by atoms with Crippen LogP contribution < -0.4 is 10.2 Å². The monoisotopic (exact) mass is 425 g/mol. The Morgan fingerprint density at radius 1 is 0.867 bits per heavy atom. The molecule has 1 aliphatic carbocycles. The first kappa shape index (κ1) is 20.7. The summed E-state index contributed by atoms with van der Waals surface area (Å²) < 4.78 is 0. The number of carbonyl (C=O) groups is 2. The Hall–Kier alpha value is -2.53. The van der Waals surface area contributed by atoms with Crippen LogP contribution in [-0.4, -0.2) is 42.9 Å². The normalized spacial score (nSPS) is 17.6. The van der Waals surface area contributed by atoms with Crippen molar-refractivity contribution < 1.29 is 9.59 Å². The average molecular weight is 426 g/mol. The fourth-order valence-electron chi connectivity index (χ4n) is 4.39. The molecule has 2 aromatic carbocycles. The van der Waals surface area contributed by atoms with Crippen LogP contribution in [0.2, 0.25) is 5.02 Å². The summed E-state index contributed by atoms with van der Waals surface area (Å²) >= 11 is 6.10. The van der Waals surface area contributed by atoms with Crippen LogP contribution >= 0.6 is 11.6 Å². The van der Waals surface area contributed by atoms with E-state index in [1.54, 1.807) is 24.3 Å². The summed E-state index contributed by atoms with van der Waals surface area (Å²) in [6.07, 6.45) is 5.76. The molecule has 1 N–H and O–H groups in total. The first-order chi connectivity index (χ1) is 14.6. The maximum atomic E-state index is 12.7. The molecule has 2 fully saturated rings. The quantitative estimate of drug-likeness (QED) is 0.763. The number of halogens is 1. The molecule has 0 bridgehead atoms. The van der Waals surface area contributed by atoms with Gasteiger partial charge in [0.25, 0.3) is 5.91 Å². The zero-order chi connectivity index (χ0) is 20.9. The molecule has 6 heteroatoms. The molecule has 4 rings (SSSR count). The molecule has 5 nitrogen and oxygen atoms in total. The molecule has 1 aliphatic heterocycles. The van der Waals surface area contributed by atoms with Crippen molar-refractivity contribution in [3.8, 4) is 0 Å². The predicted octanol–water partition coefficient (Wildman–Crippen LogP) is 4.82. The molecule has 158 valence electrons. The van der Waals surface area contributed by atoms with Gasteiger partial charge in [-0.3, -0.25) is 9.59 Å². The number of nitrogens with zero attached hydrogens (tertiary/aromatic N) is 2. The Kier molecular flexibility index (Phi) is 6.58. The van der Waals surface area contributed by atoms with Gasteiger partial charge in [-0.25, -0.2) is 0 Å². The van der Waals surface area contributed by atoms with Gasteiger partial charge in [0.05, 0.1) is 10.6 Å². The summed E-state index contributed by atoms with van der Waals surface area (Å²) in [5.74, 6) is 0.376. The lowest BCUT2D eigenvalue weighted by Gasteiger charge is -2.38. The molecule has 2 aromatic rings. The Bertz CT molecular complexity index is 886. The fourth-order valence-corrected chi connectivity index (χ4v) is 4.61. The molecule has 30 heavy (non-hydrogen) atoms. The predicted molar refractivity (Wildman–Crippen MR) is 121 cm³/mol. The smallest absolute Gasteiger partial charge is 0.257 e. The first-order valence-corrected chi connectivity index (χ1v) is 11.2. The van der Waals surface area contributed by atoms with Gasteiger partial charge in [-0.15, -0.1) is 0 Å². The van der Waals surface area contributed by atoms with Gasteiger partial charge in [-0.2, -0.15) is 0 Å². The third kappa shape index (κ3) is 4.78. The molecule has 1 saturated carbocycles. The van der Waals surface area contributed by atoms with Crippen LogP contribution in [0.1, 0.15) is 42.5 Å². The highest BCUT2D eigenvalue weighted by atomic mass is 35.5. The minimum Gasteiger partial charge on any atom is -0.368 e. The summed E-state index contributed by atoms with van der Waals surface area (Å²) in [5, 5.41) is 3.33. The Morgan fingerprint density at radius 3 is 2.20 bits per heavy atom. The number of carbonyl (C=O) groups excluding carboxylic acids is 2. The Morgan fingerprint density at radius 2 is 1.53 bits per heavy atom. The van der Waals surface area contributed by atoms with Crippen molar-refractivity contribution in [3.63, 3.8) is 0 Å². The van der Waals surface area contributed by atoms with E-state index < -0.39 is 0 Å². The van der Waals surface area contributed by atoms with Crippen LogP contribution in [0.15, 0.2) is 48.5 Å². The number of hydrogen-bond acceptors (Lipinski definition) is 3. The number of anilines is 2. The summed E-state index contributed by atoms with van der Waals surface area (Å²) in [5.41, 5.74) is 2.30. The van der Waals surface area contributed by atoms with Gasteiger partial charge >= 0.3 is 0 Å². The minimum absolute atomic E-state index is 0.219. The van der Waals surface area contributed by atoms with Crippen LogP contribution in [0.4, 0.5) is 11.4 Å². The average Bonchev–Trinajstić information content (AvgIpc) is 2.80. The molecule has 0 spiro atoms. The van der Waals surface area contributed by atoms with Crippen molar-refractivity contribution in [3.05, 3.63) is 59.1 Å². The molecular weight excluding hydrogens is 398 g/mol. The summed E-state index contributed by atoms with van der Waals surface area (Å²) in [6, 6.07) is 14.9. The third-order valence-electron chi connectivity index (χ3n) is 6.15. The molecule has 1 saturated heterocycles. The number of benzene rings is 2. The van der Waals surface area contributed by atoms with Crippen LogP contribution in [0.5, 0.6) is 0 Å². The molecule has 2 amide bonds. The van der Waals surface area contributed by atoms with E-state index in [1.807, 2.05) is 29.2 Å². The number of nitrogens with one attached hydrogen (secondary N) is 1. The second-order valence-corrected chi connectivity index (χ2v) is 8.54. The van der Waals surface area contributed by atoms with E-state index in [9.17, 15) is 9.59 Å². The summed E-state index contributed by atoms with van der Waals surface area (Å²) in [7, 11) is 0. The van der Waals surface area contributed by atoms with Gasteiger partial charge in [0.1, 0.15) is 0 Å². The SMILES string of the molecule is O=C(Nc1ccc(N2CCN(C(=O)C3CCCCC3)CC2)cc1)c1ccccc1Cl. The van der Waals surface area contributed by atoms with Gasteiger partial charge in [-0.05, 0) is 49.2 Å². The van der Waals surface area contributed by atoms with Gasteiger partial charge in [-0.1, -0.05) is 43.0 Å². The molecule has 2 aliphatic rings.